The Labute approximate surface area is 197 Å². The van der Waals surface area contributed by atoms with Gasteiger partial charge < -0.3 is 14.2 Å². The Bertz CT molecular complexity index is 1060. The predicted octanol–water partition coefficient (Wildman–Crippen LogP) is 3.21. The molecule has 33 heavy (non-hydrogen) atoms. The molecular weight excluding hydrogens is 442 g/mol. The fourth-order valence-corrected chi connectivity index (χ4v) is 5.15. The molecule has 10 heteroatoms. The lowest BCUT2D eigenvalue weighted by atomic mass is 10.3. The molecule has 0 N–H and O–H groups in total. The van der Waals surface area contributed by atoms with Gasteiger partial charge in [-0.3, -0.25) is 19.3 Å². The molecule has 9 nitrogen and oxygen atoms in total. The maximum atomic E-state index is 13.7. The first-order valence-corrected chi connectivity index (χ1v) is 12.0. The molecule has 0 radical (unpaired) electrons. The van der Waals surface area contributed by atoms with Crippen LogP contribution in [0.5, 0.6) is 11.5 Å². The van der Waals surface area contributed by atoms with Crippen molar-refractivity contribution in [2.24, 2.45) is 0 Å². The molecule has 1 amide bonds. The van der Waals surface area contributed by atoms with E-state index in [1.807, 2.05) is 32.0 Å². The van der Waals surface area contributed by atoms with E-state index in [2.05, 4.69) is 10.00 Å². The first-order valence-electron chi connectivity index (χ1n) is 11.2. The van der Waals surface area contributed by atoms with Crippen LogP contribution < -0.4 is 14.4 Å². The van der Waals surface area contributed by atoms with Crippen molar-refractivity contribution >= 4 is 32.6 Å². The highest BCUT2D eigenvalue weighted by Gasteiger charge is 2.26. The number of ether oxygens (including phenoxy) is 3. The van der Waals surface area contributed by atoms with Crippen molar-refractivity contribution in [2.45, 2.75) is 26.8 Å². The number of aromatic nitrogens is 3. The fourth-order valence-electron chi connectivity index (χ4n) is 4.05. The van der Waals surface area contributed by atoms with Crippen LogP contribution in [-0.4, -0.2) is 79.2 Å². The lowest BCUT2D eigenvalue weighted by Crippen LogP contribution is -2.39. The molecule has 2 aromatic heterocycles. The van der Waals surface area contributed by atoms with E-state index in [9.17, 15) is 4.79 Å². The van der Waals surface area contributed by atoms with Gasteiger partial charge in [0, 0.05) is 32.7 Å². The monoisotopic (exact) mass is 473 g/mol. The number of carbonyl (C=O) groups is 1. The summed E-state index contributed by atoms with van der Waals surface area (Å²) in [5.41, 5.74) is 2.09. The van der Waals surface area contributed by atoms with Crippen LogP contribution in [-0.2, 0) is 11.3 Å². The van der Waals surface area contributed by atoms with Gasteiger partial charge in [-0.25, -0.2) is 4.98 Å². The lowest BCUT2D eigenvalue weighted by molar-refractivity contribution is 0.0376. The van der Waals surface area contributed by atoms with Crippen LogP contribution in [0.4, 0.5) is 5.13 Å². The molecule has 1 aliphatic heterocycles. The third-order valence-corrected chi connectivity index (χ3v) is 6.85. The molecule has 0 aliphatic carbocycles. The number of methoxy groups -OCH3 is 2. The molecule has 0 unspecified atom stereocenters. The van der Waals surface area contributed by atoms with Crippen molar-refractivity contribution in [1.29, 1.82) is 0 Å². The number of aryl methyl sites for hydroxylation is 2. The van der Waals surface area contributed by atoms with Crippen molar-refractivity contribution in [3.63, 3.8) is 0 Å². The highest BCUT2D eigenvalue weighted by molar-refractivity contribution is 7.22. The molecule has 4 rings (SSSR count). The summed E-state index contributed by atoms with van der Waals surface area (Å²) in [6.45, 7) is 9.32. The van der Waals surface area contributed by atoms with Crippen molar-refractivity contribution in [2.75, 3.05) is 58.5 Å². The van der Waals surface area contributed by atoms with E-state index in [-0.39, 0.29) is 5.91 Å². The number of fused-ring (bicyclic) bond motifs is 1. The van der Waals surface area contributed by atoms with Gasteiger partial charge in [0.2, 0.25) is 0 Å². The molecule has 178 valence electrons. The molecule has 1 aromatic carbocycles. The molecular formula is C23H31N5O4S. The zero-order valence-electron chi connectivity index (χ0n) is 19.7. The first-order chi connectivity index (χ1) is 16.0. The summed E-state index contributed by atoms with van der Waals surface area (Å²) < 4.78 is 19.1. The molecule has 1 fully saturated rings. The number of carbonyl (C=O) groups excluding carboxylic acids is 1. The Morgan fingerprint density at radius 1 is 1.21 bits per heavy atom. The van der Waals surface area contributed by atoms with Crippen LogP contribution in [0, 0.1) is 6.92 Å². The Morgan fingerprint density at radius 2 is 1.94 bits per heavy atom. The van der Waals surface area contributed by atoms with E-state index in [0.717, 1.165) is 49.7 Å². The normalized spacial score (nSPS) is 14.5. The van der Waals surface area contributed by atoms with Gasteiger partial charge in [-0.2, -0.15) is 5.10 Å². The number of nitrogens with zero attached hydrogens (tertiary/aromatic N) is 5. The Hall–Kier alpha value is -2.69. The summed E-state index contributed by atoms with van der Waals surface area (Å²) in [5.74, 6) is 1.27. The minimum absolute atomic E-state index is 0.101. The number of hydrogen-bond acceptors (Lipinski definition) is 8. The number of morpholine rings is 1. The van der Waals surface area contributed by atoms with Gasteiger partial charge in [0.15, 0.2) is 5.13 Å². The zero-order valence-corrected chi connectivity index (χ0v) is 20.5. The lowest BCUT2D eigenvalue weighted by Gasteiger charge is -2.27. The summed E-state index contributed by atoms with van der Waals surface area (Å²) in [4.78, 5) is 22.7. The summed E-state index contributed by atoms with van der Waals surface area (Å²) in [5, 5.41) is 5.09. The van der Waals surface area contributed by atoms with Gasteiger partial charge in [-0.1, -0.05) is 11.3 Å². The molecule has 0 saturated carbocycles. The van der Waals surface area contributed by atoms with Crippen LogP contribution >= 0.6 is 11.3 Å². The highest BCUT2D eigenvalue weighted by atomic mass is 32.1. The Morgan fingerprint density at radius 3 is 2.64 bits per heavy atom. The summed E-state index contributed by atoms with van der Waals surface area (Å²) in [6.07, 6.45) is 0.829. The van der Waals surface area contributed by atoms with E-state index < -0.39 is 0 Å². The standard InChI is InChI=1S/C23H31N5O4S/c1-5-28-17(15-16(2)25-28)22(29)27(10-6-9-26-11-13-32-14-12-26)23-24-20-18(30-3)7-8-19(31-4)21(20)33-23/h7-8,15H,5-6,9-14H2,1-4H3. The molecule has 1 aliphatic rings. The van der Waals surface area contributed by atoms with Crippen LogP contribution in [0.25, 0.3) is 10.2 Å². The third kappa shape index (κ3) is 4.97. The Kier molecular flexibility index (Phi) is 7.46. The highest BCUT2D eigenvalue weighted by Crippen LogP contribution is 2.40. The van der Waals surface area contributed by atoms with Crippen molar-refractivity contribution in [3.05, 3.63) is 29.6 Å². The van der Waals surface area contributed by atoms with Crippen LogP contribution in [0.1, 0.15) is 29.5 Å². The fraction of sp³-hybridized carbons (Fsp3) is 0.522. The average molecular weight is 474 g/mol. The largest absolute Gasteiger partial charge is 0.495 e. The average Bonchev–Trinajstić information content (AvgIpc) is 3.45. The number of hydrogen-bond donors (Lipinski definition) is 0. The minimum atomic E-state index is -0.101. The van der Waals surface area contributed by atoms with Gasteiger partial charge in [-0.15, -0.1) is 0 Å². The van der Waals surface area contributed by atoms with E-state index in [1.165, 1.54) is 11.3 Å². The Balaban J connectivity index is 1.67. The second-order valence-electron chi connectivity index (χ2n) is 7.90. The molecule has 0 bridgehead atoms. The number of amides is 1. The number of thiazole rings is 1. The number of benzene rings is 1. The number of anilines is 1. The molecule has 3 aromatic rings. The maximum Gasteiger partial charge on any atom is 0.278 e. The van der Waals surface area contributed by atoms with Gasteiger partial charge in [-0.05, 0) is 38.5 Å². The number of rotatable bonds is 9. The minimum Gasteiger partial charge on any atom is -0.495 e. The molecule has 1 saturated heterocycles. The van der Waals surface area contributed by atoms with E-state index >= 15 is 0 Å². The second kappa shape index (κ2) is 10.5. The van der Waals surface area contributed by atoms with Gasteiger partial charge in [0.05, 0.1) is 33.1 Å². The molecule has 0 atom stereocenters. The van der Waals surface area contributed by atoms with Crippen LogP contribution in [0.3, 0.4) is 0 Å². The second-order valence-corrected chi connectivity index (χ2v) is 8.87. The molecule has 3 heterocycles. The van der Waals surface area contributed by atoms with Crippen molar-refractivity contribution in [3.8, 4) is 11.5 Å². The zero-order chi connectivity index (χ0) is 23.4. The van der Waals surface area contributed by atoms with Gasteiger partial charge in [0.1, 0.15) is 27.4 Å². The first kappa shape index (κ1) is 23.5. The molecule has 0 spiro atoms. The van der Waals surface area contributed by atoms with E-state index in [0.29, 0.717) is 40.9 Å². The smallest absolute Gasteiger partial charge is 0.278 e. The predicted molar refractivity (Wildman–Crippen MR) is 129 cm³/mol. The van der Waals surface area contributed by atoms with Crippen molar-refractivity contribution in [1.82, 2.24) is 19.7 Å². The van der Waals surface area contributed by atoms with Gasteiger partial charge >= 0.3 is 0 Å². The van der Waals surface area contributed by atoms with E-state index in [4.69, 9.17) is 19.2 Å². The topological polar surface area (TPSA) is 82.0 Å². The SMILES string of the molecule is CCn1nc(C)cc1C(=O)N(CCCN1CCOCC1)c1nc2c(OC)ccc(OC)c2s1. The van der Waals surface area contributed by atoms with Crippen LogP contribution in [0.2, 0.25) is 0 Å². The quantitative estimate of drug-likeness (QED) is 0.472. The maximum absolute atomic E-state index is 13.7. The van der Waals surface area contributed by atoms with Gasteiger partial charge in [0.25, 0.3) is 5.91 Å². The van der Waals surface area contributed by atoms with Crippen molar-refractivity contribution < 1.29 is 19.0 Å². The third-order valence-electron chi connectivity index (χ3n) is 5.76. The summed E-state index contributed by atoms with van der Waals surface area (Å²) in [6, 6.07) is 5.54. The van der Waals surface area contributed by atoms with E-state index in [1.54, 1.807) is 23.8 Å². The summed E-state index contributed by atoms with van der Waals surface area (Å²) in [7, 11) is 3.25. The summed E-state index contributed by atoms with van der Waals surface area (Å²) >= 11 is 1.44. The van der Waals surface area contributed by atoms with Crippen LogP contribution in [0.15, 0.2) is 18.2 Å².